The molecule has 1 rings (SSSR count). The minimum Gasteiger partial charge on any atom is -0.297 e. The van der Waals surface area contributed by atoms with Crippen LogP contribution in [0.1, 0.15) is 25.2 Å². The highest BCUT2D eigenvalue weighted by molar-refractivity contribution is 9.09. The Morgan fingerprint density at radius 1 is 1.60 bits per heavy atom. The zero-order chi connectivity index (χ0) is 11.4. The molecule has 0 saturated carbocycles. The van der Waals surface area contributed by atoms with E-state index in [1.807, 2.05) is 11.7 Å². The van der Waals surface area contributed by atoms with Crippen LogP contribution < -0.4 is 0 Å². The predicted molar refractivity (Wildman–Crippen MR) is 67.3 cm³/mol. The highest BCUT2D eigenvalue weighted by atomic mass is 79.9. The third kappa shape index (κ3) is 3.31. The van der Waals surface area contributed by atoms with E-state index in [1.165, 1.54) is 11.4 Å². The van der Waals surface area contributed by atoms with E-state index in [9.17, 15) is 0 Å². The smallest absolute Gasteiger partial charge is 0.0625 e. The summed E-state index contributed by atoms with van der Waals surface area (Å²) in [5.74, 6) is 0. The summed E-state index contributed by atoms with van der Waals surface area (Å²) in [5, 5.41) is 5.45. The number of rotatable bonds is 5. The Kier molecular flexibility index (Phi) is 4.80. The van der Waals surface area contributed by atoms with Gasteiger partial charge in [0, 0.05) is 25.0 Å². The summed E-state index contributed by atoms with van der Waals surface area (Å²) in [6.07, 6.45) is 1.01. The topological polar surface area (TPSA) is 21.1 Å². The summed E-state index contributed by atoms with van der Waals surface area (Å²) >= 11 is 3.50. The van der Waals surface area contributed by atoms with E-state index < -0.39 is 0 Å². The molecule has 15 heavy (non-hydrogen) atoms. The number of alkyl halides is 1. The van der Waals surface area contributed by atoms with Crippen molar-refractivity contribution in [1.29, 1.82) is 0 Å². The van der Waals surface area contributed by atoms with Crippen LogP contribution in [0.15, 0.2) is 6.07 Å². The summed E-state index contributed by atoms with van der Waals surface area (Å²) in [4.78, 5) is 2.32. The van der Waals surface area contributed by atoms with E-state index >= 15 is 0 Å². The van der Waals surface area contributed by atoms with Gasteiger partial charge in [0.05, 0.1) is 11.4 Å². The summed E-state index contributed by atoms with van der Waals surface area (Å²) in [7, 11) is 4.16. The lowest BCUT2D eigenvalue weighted by Crippen LogP contribution is -2.30. The summed E-state index contributed by atoms with van der Waals surface area (Å²) in [6, 6.07) is 2.74. The van der Waals surface area contributed by atoms with Crippen molar-refractivity contribution < 1.29 is 0 Å². The molecule has 0 saturated heterocycles. The van der Waals surface area contributed by atoms with E-state index in [0.29, 0.717) is 6.04 Å². The molecule has 0 bridgehead atoms. The van der Waals surface area contributed by atoms with Crippen molar-refractivity contribution in [3.63, 3.8) is 0 Å². The predicted octanol–water partition coefficient (Wildman–Crippen LogP) is 2.20. The van der Waals surface area contributed by atoms with Crippen LogP contribution in [0, 0.1) is 0 Å². The molecule has 0 radical (unpaired) electrons. The molecule has 0 amide bonds. The molecule has 0 N–H and O–H groups in total. The molecule has 0 aromatic carbocycles. The number of aromatic nitrogens is 2. The van der Waals surface area contributed by atoms with Crippen molar-refractivity contribution in [2.75, 3.05) is 12.4 Å². The van der Waals surface area contributed by atoms with Gasteiger partial charge in [-0.3, -0.25) is 9.58 Å². The molecule has 3 nitrogen and oxygen atoms in total. The summed E-state index contributed by atoms with van der Waals surface area (Å²) < 4.78 is 1.98. The third-order valence-corrected chi connectivity index (χ3v) is 3.71. The normalized spacial score (nSPS) is 13.5. The highest BCUT2D eigenvalue weighted by Gasteiger charge is 2.11. The molecule has 86 valence electrons. The lowest BCUT2D eigenvalue weighted by atomic mass is 10.2. The first kappa shape index (κ1) is 12.7. The largest absolute Gasteiger partial charge is 0.297 e. The van der Waals surface area contributed by atoms with E-state index in [0.717, 1.165) is 18.3 Å². The van der Waals surface area contributed by atoms with E-state index in [4.69, 9.17) is 0 Å². The Hall–Kier alpha value is -0.350. The van der Waals surface area contributed by atoms with Gasteiger partial charge in [-0.05, 0) is 26.5 Å². The van der Waals surface area contributed by atoms with Crippen molar-refractivity contribution >= 4 is 15.9 Å². The molecule has 4 heteroatoms. The Morgan fingerprint density at radius 2 is 2.27 bits per heavy atom. The van der Waals surface area contributed by atoms with Gasteiger partial charge in [-0.25, -0.2) is 0 Å². The van der Waals surface area contributed by atoms with E-state index in [2.05, 4.69) is 52.9 Å². The van der Waals surface area contributed by atoms with Gasteiger partial charge < -0.3 is 0 Å². The summed E-state index contributed by atoms with van der Waals surface area (Å²) in [6.45, 7) is 5.30. The van der Waals surface area contributed by atoms with Gasteiger partial charge in [0.25, 0.3) is 0 Å². The van der Waals surface area contributed by atoms with Crippen LogP contribution in [0.25, 0.3) is 0 Å². The van der Waals surface area contributed by atoms with Crippen LogP contribution >= 0.6 is 15.9 Å². The molecular formula is C11H20BrN3. The Labute approximate surface area is 101 Å². The molecular weight excluding hydrogens is 254 g/mol. The number of nitrogens with zero attached hydrogens (tertiary/aromatic N) is 3. The number of aryl methyl sites for hydroxylation is 2. The maximum Gasteiger partial charge on any atom is 0.0625 e. The molecule has 1 aromatic rings. The molecule has 1 heterocycles. The minimum absolute atomic E-state index is 0.546. The molecule has 1 unspecified atom stereocenters. The SMILES string of the molecule is CCc1cc(CN(C)C(C)CBr)n(C)n1. The lowest BCUT2D eigenvalue weighted by molar-refractivity contribution is 0.263. The lowest BCUT2D eigenvalue weighted by Gasteiger charge is -2.22. The second-order valence-electron chi connectivity index (χ2n) is 4.02. The molecule has 0 aliphatic rings. The number of hydrogen-bond donors (Lipinski definition) is 0. The number of hydrogen-bond acceptors (Lipinski definition) is 2. The van der Waals surface area contributed by atoms with Crippen molar-refractivity contribution in [3.8, 4) is 0 Å². The summed E-state index contributed by atoms with van der Waals surface area (Å²) in [5.41, 5.74) is 2.45. The fourth-order valence-electron chi connectivity index (χ4n) is 1.42. The average molecular weight is 274 g/mol. The van der Waals surface area contributed by atoms with E-state index in [1.54, 1.807) is 0 Å². The zero-order valence-electron chi connectivity index (χ0n) is 10.00. The molecule has 1 atom stereocenters. The van der Waals surface area contributed by atoms with Crippen molar-refractivity contribution in [2.24, 2.45) is 7.05 Å². The first-order valence-corrected chi connectivity index (χ1v) is 6.48. The third-order valence-electron chi connectivity index (χ3n) is 2.78. The fourth-order valence-corrected chi connectivity index (χ4v) is 1.92. The van der Waals surface area contributed by atoms with Gasteiger partial charge in [-0.1, -0.05) is 22.9 Å². The van der Waals surface area contributed by atoms with Crippen LogP contribution in [0.2, 0.25) is 0 Å². The first-order valence-electron chi connectivity index (χ1n) is 5.36. The van der Waals surface area contributed by atoms with Gasteiger partial charge in [-0.2, -0.15) is 5.10 Å². The maximum absolute atomic E-state index is 4.45. The van der Waals surface area contributed by atoms with Gasteiger partial charge >= 0.3 is 0 Å². The molecule has 0 fully saturated rings. The van der Waals surface area contributed by atoms with Crippen molar-refractivity contribution in [2.45, 2.75) is 32.9 Å². The average Bonchev–Trinajstić information content (AvgIpc) is 2.58. The van der Waals surface area contributed by atoms with Crippen LogP contribution in [0.5, 0.6) is 0 Å². The highest BCUT2D eigenvalue weighted by Crippen LogP contribution is 2.09. The van der Waals surface area contributed by atoms with Gasteiger partial charge in [0.15, 0.2) is 0 Å². The minimum atomic E-state index is 0.546. The Balaban J connectivity index is 2.67. The van der Waals surface area contributed by atoms with E-state index in [-0.39, 0.29) is 0 Å². The molecule has 0 aliphatic heterocycles. The zero-order valence-corrected chi connectivity index (χ0v) is 11.6. The van der Waals surface area contributed by atoms with Crippen molar-refractivity contribution in [3.05, 3.63) is 17.5 Å². The molecule has 0 spiro atoms. The van der Waals surface area contributed by atoms with Crippen molar-refractivity contribution in [1.82, 2.24) is 14.7 Å². The van der Waals surface area contributed by atoms with Gasteiger partial charge in [0.2, 0.25) is 0 Å². The quantitative estimate of drug-likeness (QED) is 0.767. The Morgan fingerprint density at radius 3 is 2.73 bits per heavy atom. The molecule has 0 aliphatic carbocycles. The first-order chi connectivity index (χ1) is 7.08. The van der Waals surface area contributed by atoms with Crippen LogP contribution in [0.3, 0.4) is 0 Å². The van der Waals surface area contributed by atoms with Crippen LogP contribution in [0.4, 0.5) is 0 Å². The van der Waals surface area contributed by atoms with Gasteiger partial charge in [0.1, 0.15) is 0 Å². The maximum atomic E-state index is 4.45. The van der Waals surface area contributed by atoms with Gasteiger partial charge in [-0.15, -0.1) is 0 Å². The fraction of sp³-hybridized carbons (Fsp3) is 0.727. The second-order valence-corrected chi connectivity index (χ2v) is 4.67. The second kappa shape index (κ2) is 5.66. The Bertz CT molecular complexity index is 309. The number of halogens is 1. The standard InChI is InChI=1S/C11H20BrN3/c1-5-10-6-11(15(4)13-10)8-14(3)9(2)7-12/h6,9H,5,7-8H2,1-4H3. The monoisotopic (exact) mass is 273 g/mol. The van der Waals surface area contributed by atoms with Crippen LogP contribution in [-0.2, 0) is 20.0 Å². The van der Waals surface area contributed by atoms with Crippen LogP contribution in [-0.4, -0.2) is 33.1 Å². The molecule has 1 aromatic heterocycles.